The van der Waals surface area contributed by atoms with Crippen LogP contribution in [0, 0.1) is 13.8 Å². The number of ether oxygens (including phenoxy) is 1. The van der Waals surface area contributed by atoms with Gasteiger partial charge in [-0.15, -0.1) is 0 Å². The van der Waals surface area contributed by atoms with E-state index in [1.807, 2.05) is 26.0 Å². The summed E-state index contributed by atoms with van der Waals surface area (Å²) >= 11 is 0. The van der Waals surface area contributed by atoms with Gasteiger partial charge in [-0.25, -0.2) is 4.79 Å². The monoisotopic (exact) mass is 246 g/mol. The number of aryl methyl sites for hydroxylation is 2. The highest BCUT2D eigenvalue weighted by atomic mass is 16.5. The number of hydrogen-bond acceptors (Lipinski definition) is 3. The number of H-pyrrole nitrogens is 1. The maximum atomic E-state index is 10.8. The number of carboxylic acid groups (broad SMARTS) is 1. The van der Waals surface area contributed by atoms with Crippen LogP contribution < -0.4 is 4.74 Å². The summed E-state index contributed by atoms with van der Waals surface area (Å²) in [7, 11) is 1.62. The van der Waals surface area contributed by atoms with Gasteiger partial charge in [0.1, 0.15) is 11.4 Å². The Bertz CT molecular complexity index is 602. The van der Waals surface area contributed by atoms with Crippen molar-refractivity contribution < 1.29 is 14.6 Å². The van der Waals surface area contributed by atoms with E-state index in [0.29, 0.717) is 5.69 Å². The van der Waals surface area contributed by atoms with Crippen LogP contribution in [0.1, 0.15) is 21.6 Å². The van der Waals surface area contributed by atoms with Gasteiger partial charge in [0.25, 0.3) is 0 Å². The van der Waals surface area contributed by atoms with Gasteiger partial charge in [-0.05, 0) is 43.2 Å². The first-order valence-corrected chi connectivity index (χ1v) is 5.47. The lowest BCUT2D eigenvalue weighted by Gasteiger charge is -2.09. The first-order valence-electron chi connectivity index (χ1n) is 5.47. The second-order valence-corrected chi connectivity index (χ2v) is 4.11. The van der Waals surface area contributed by atoms with E-state index in [-0.39, 0.29) is 5.69 Å². The molecule has 0 atom stereocenters. The van der Waals surface area contributed by atoms with Crippen molar-refractivity contribution in [3.8, 4) is 17.0 Å². The topological polar surface area (TPSA) is 75.2 Å². The van der Waals surface area contributed by atoms with Crippen molar-refractivity contribution in [2.75, 3.05) is 7.11 Å². The van der Waals surface area contributed by atoms with E-state index >= 15 is 0 Å². The maximum absolute atomic E-state index is 10.8. The second kappa shape index (κ2) is 4.52. The molecule has 0 radical (unpaired) electrons. The molecule has 0 aliphatic carbocycles. The summed E-state index contributed by atoms with van der Waals surface area (Å²) in [6, 6.07) is 5.38. The standard InChI is InChI=1S/C13H14N2O3/c1-7-5-12(18-3)8(2)4-9(7)10-6-11(13(16)17)15-14-10/h4-6H,1-3H3,(H,14,15)(H,16,17). The van der Waals surface area contributed by atoms with Crippen molar-refractivity contribution in [3.05, 3.63) is 35.0 Å². The summed E-state index contributed by atoms with van der Waals surface area (Å²) in [6.07, 6.45) is 0. The highest BCUT2D eigenvalue weighted by Crippen LogP contribution is 2.29. The molecule has 0 saturated heterocycles. The second-order valence-electron chi connectivity index (χ2n) is 4.11. The molecule has 0 fully saturated rings. The van der Waals surface area contributed by atoms with Gasteiger partial charge in [0, 0.05) is 5.56 Å². The number of benzene rings is 1. The van der Waals surface area contributed by atoms with Crippen LogP contribution in [0.3, 0.4) is 0 Å². The van der Waals surface area contributed by atoms with Crippen molar-refractivity contribution >= 4 is 5.97 Å². The van der Waals surface area contributed by atoms with Crippen molar-refractivity contribution in [1.82, 2.24) is 10.2 Å². The molecule has 1 aromatic heterocycles. The van der Waals surface area contributed by atoms with Crippen molar-refractivity contribution in [2.45, 2.75) is 13.8 Å². The number of aromatic nitrogens is 2. The van der Waals surface area contributed by atoms with E-state index in [1.165, 1.54) is 6.07 Å². The fourth-order valence-corrected chi connectivity index (χ4v) is 1.85. The molecule has 0 saturated carbocycles. The predicted octanol–water partition coefficient (Wildman–Crippen LogP) is 2.40. The quantitative estimate of drug-likeness (QED) is 0.872. The number of hydrogen-bond donors (Lipinski definition) is 2. The molecule has 1 heterocycles. The zero-order valence-corrected chi connectivity index (χ0v) is 10.4. The number of nitrogens with one attached hydrogen (secondary N) is 1. The van der Waals surface area contributed by atoms with E-state index in [4.69, 9.17) is 9.84 Å². The third kappa shape index (κ3) is 2.07. The van der Waals surface area contributed by atoms with Gasteiger partial charge >= 0.3 is 5.97 Å². The molecule has 5 nitrogen and oxygen atoms in total. The SMILES string of the molecule is COc1cc(C)c(-c2cc(C(=O)O)[nH]n2)cc1C. The minimum atomic E-state index is -1.02. The number of methoxy groups -OCH3 is 1. The molecule has 0 aliphatic rings. The van der Waals surface area contributed by atoms with Crippen LogP contribution in [0.4, 0.5) is 0 Å². The third-order valence-corrected chi connectivity index (χ3v) is 2.83. The number of nitrogens with zero attached hydrogens (tertiary/aromatic N) is 1. The molecular formula is C13H14N2O3. The Morgan fingerprint density at radius 1 is 1.28 bits per heavy atom. The Balaban J connectivity index is 2.50. The van der Waals surface area contributed by atoms with Gasteiger partial charge in [-0.3, -0.25) is 5.10 Å². The lowest BCUT2D eigenvalue weighted by atomic mass is 10.0. The Hall–Kier alpha value is -2.30. The maximum Gasteiger partial charge on any atom is 0.353 e. The molecule has 0 spiro atoms. The van der Waals surface area contributed by atoms with E-state index in [0.717, 1.165) is 22.4 Å². The van der Waals surface area contributed by atoms with Crippen molar-refractivity contribution in [3.63, 3.8) is 0 Å². The van der Waals surface area contributed by atoms with Crippen LogP contribution in [-0.2, 0) is 0 Å². The Morgan fingerprint density at radius 3 is 2.56 bits per heavy atom. The summed E-state index contributed by atoms with van der Waals surface area (Å²) < 4.78 is 5.24. The van der Waals surface area contributed by atoms with Gasteiger partial charge in [-0.2, -0.15) is 5.10 Å². The van der Waals surface area contributed by atoms with Gasteiger partial charge in [-0.1, -0.05) is 0 Å². The number of aromatic amines is 1. The minimum absolute atomic E-state index is 0.0814. The average molecular weight is 246 g/mol. The Morgan fingerprint density at radius 2 is 2.00 bits per heavy atom. The van der Waals surface area contributed by atoms with E-state index in [2.05, 4.69) is 10.2 Å². The molecule has 2 N–H and O–H groups in total. The Kier molecular flexibility index (Phi) is 3.06. The summed E-state index contributed by atoms with van der Waals surface area (Å²) in [5, 5.41) is 15.4. The van der Waals surface area contributed by atoms with Crippen LogP contribution in [-0.4, -0.2) is 28.4 Å². The van der Waals surface area contributed by atoms with Gasteiger partial charge in [0.05, 0.1) is 12.8 Å². The highest BCUT2D eigenvalue weighted by Gasteiger charge is 2.12. The highest BCUT2D eigenvalue weighted by molar-refractivity contribution is 5.87. The molecular weight excluding hydrogens is 232 g/mol. The van der Waals surface area contributed by atoms with E-state index in [1.54, 1.807) is 7.11 Å². The summed E-state index contributed by atoms with van der Waals surface area (Å²) in [5.41, 5.74) is 3.57. The van der Waals surface area contributed by atoms with Crippen LogP contribution in [0.5, 0.6) is 5.75 Å². The lowest BCUT2D eigenvalue weighted by Crippen LogP contribution is -1.95. The number of carboxylic acids is 1. The number of rotatable bonds is 3. The molecule has 5 heteroatoms. The Labute approximate surface area is 104 Å². The fourth-order valence-electron chi connectivity index (χ4n) is 1.85. The van der Waals surface area contributed by atoms with Gasteiger partial charge in [0.15, 0.2) is 0 Å². The van der Waals surface area contributed by atoms with Gasteiger partial charge < -0.3 is 9.84 Å². The summed E-state index contributed by atoms with van der Waals surface area (Å²) in [6.45, 7) is 3.87. The van der Waals surface area contributed by atoms with Crippen LogP contribution >= 0.6 is 0 Å². The molecule has 1 aromatic carbocycles. The van der Waals surface area contributed by atoms with Crippen LogP contribution in [0.2, 0.25) is 0 Å². The number of carbonyl (C=O) groups is 1. The normalized spacial score (nSPS) is 10.4. The average Bonchev–Trinajstić information content (AvgIpc) is 2.81. The first kappa shape index (κ1) is 12.2. The van der Waals surface area contributed by atoms with Crippen molar-refractivity contribution in [2.24, 2.45) is 0 Å². The molecule has 18 heavy (non-hydrogen) atoms. The predicted molar refractivity (Wildman–Crippen MR) is 67.0 cm³/mol. The zero-order chi connectivity index (χ0) is 13.3. The minimum Gasteiger partial charge on any atom is -0.496 e. The molecule has 0 aliphatic heterocycles. The van der Waals surface area contributed by atoms with Gasteiger partial charge in [0.2, 0.25) is 0 Å². The summed E-state index contributed by atoms with van der Waals surface area (Å²) in [5.74, 6) is -0.207. The van der Waals surface area contributed by atoms with Crippen LogP contribution in [0.25, 0.3) is 11.3 Å². The van der Waals surface area contributed by atoms with Crippen LogP contribution in [0.15, 0.2) is 18.2 Å². The zero-order valence-electron chi connectivity index (χ0n) is 10.4. The lowest BCUT2D eigenvalue weighted by molar-refractivity contribution is 0.0690. The number of aromatic carboxylic acids is 1. The van der Waals surface area contributed by atoms with E-state index < -0.39 is 5.97 Å². The third-order valence-electron chi connectivity index (χ3n) is 2.83. The molecule has 94 valence electrons. The molecule has 0 bridgehead atoms. The van der Waals surface area contributed by atoms with E-state index in [9.17, 15) is 4.79 Å². The molecule has 0 amide bonds. The molecule has 0 unspecified atom stereocenters. The fraction of sp³-hybridized carbons (Fsp3) is 0.231. The summed E-state index contributed by atoms with van der Waals surface area (Å²) in [4.78, 5) is 10.8. The first-order chi connectivity index (χ1) is 8.52. The molecule has 2 aromatic rings. The smallest absolute Gasteiger partial charge is 0.353 e. The largest absolute Gasteiger partial charge is 0.496 e. The van der Waals surface area contributed by atoms with Crippen molar-refractivity contribution in [1.29, 1.82) is 0 Å². The molecule has 2 rings (SSSR count).